The summed E-state index contributed by atoms with van der Waals surface area (Å²) in [4.78, 5) is 6.87. The molecule has 2 N–H and O–H groups in total. The fourth-order valence-electron chi connectivity index (χ4n) is 2.85. The summed E-state index contributed by atoms with van der Waals surface area (Å²) in [5.41, 5.74) is 3.72. The van der Waals surface area contributed by atoms with Crippen LogP contribution in [-0.4, -0.2) is 45.2 Å². The smallest absolute Gasteiger partial charge is 0.191 e. The highest BCUT2D eigenvalue weighted by Crippen LogP contribution is 2.17. The van der Waals surface area contributed by atoms with Crippen LogP contribution < -0.4 is 15.4 Å². The molecular weight excluding hydrogens is 336 g/mol. The van der Waals surface area contributed by atoms with E-state index in [4.69, 9.17) is 9.73 Å². The van der Waals surface area contributed by atoms with E-state index in [-0.39, 0.29) is 0 Å². The monoisotopic (exact) mass is 368 g/mol. The van der Waals surface area contributed by atoms with Crippen molar-refractivity contribution in [3.8, 4) is 5.75 Å². The molecule has 0 saturated carbocycles. The third-order valence-corrected chi connectivity index (χ3v) is 4.17. The molecule has 27 heavy (non-hydrogen) atoms. The molecule has 0 aliphatic heterocycles. The van der Waals surface area contributed by atoms with Gasteiger partial charge in [0.2, 0.25) is 0 Å². The average Bonchev–Trinajstić information content (AvgIpc) is 2.67. The third kappa shape index (κ3) is 7.31. The second kappa shape index (κ2) is 11.2. The van der Waals surface area contributed by atoms with E-state index < -0.39 is 0 Å². The minimum Gasteiger partial charge on any atom is -0.496 e. The van der Waals surface area contributed by atoms with E-state index in [0.29, 0.717) is 6.54 Å². The molecule has 0 fully saturated rings. The molecule has 5 nitrogen and oxygen atoms in total. The molecule has 5 heteroatoms. The van der Waals surface area contributed by atoms with Gasteiger partial charge < -0.3 is 20.3 Å². The van der Waals surface area contributed by atoms with Crippen molar-refractivity contribution in [1.29, 1.82) is 0 Å². The molecule has 0 bridgehead atoms. The number of rotatable bonds is 9. The first kappa shape index (κ1) is 20.8. The predicted octanol–water partition coefficient (Wildman–Crippen LogP) is 3.05. The lowest BCUT2D eigenvalue weighted by atomic mass is 10.1. The van der Waals surface area contributed by atoms with Gasteiger partial charge in [0.25, 0.3) is 0 Å². The minimum absolute atomic E-state index is 0.659. The highest BCUT2D eigenvalue weighted by atomic mass is 16.5. The molecule has 146 valence electrons. The molecule has 0 radical (unpaired) electrons. The lowest BCUT2D eigenvalue weighted by Crippen LogP contribution is -2.38. The molecule has 2 aromatic rings. The van der Waals surface area contributed by atoms with Crippen LogP contribution in [-0.2, 0) is 19.5 Å². The largest absolute Gasteiger partial charge is 0.496 e. The van der Waals surface area contributed by atoms with E-state index in [0.717, 1.165) is 37.8 Å². The standard InChI is InChI=1S/C22H32N4O/c1-5-23-22(24-15-14-20-8-6-7-9-21(20)27-4)25-16-18-10-12-19(13-11-18)17-26(2)3/h6-13H,5,14-17H2,1-4H3,(H2,23,24,25). The van der Waals surface area contributed by atoms with Gasteiger partial charge in [-0.2, -0.15) is 0 Å². The number of benzene rings is 2. The first-order valence-electron chi connectivity index (χ1n) is 9.49. The van der Waals surface area contributed by atoms with Crippen LogP contribution >= 0.6 is 0 Å². The number of aliphatic imine (C=N–C) groups is 1. The molecule has 0 amide bonds. The van der Waals surface area contributed by atoms with Crippen LogP contribution in [0.5, 0.6) is 5.75 Å². The molecular formula is C22H32N4O. The van der Waals surface area contributed by atoms with Gasteiger partial charge in [-0.1, -0.05) is 42.5 Å². The zero-order valence-corrected chi connectivity index (χ0v) is 17.0. The van der Waals surface area contributed by atoms with Crippen molar-refractivity contribution in [2.24, 2.45) is 4.99 Å². The fourth-order valence-corrected chi connectivity index (χ4v) is 2.85. The highest BCUT2D eigenvalue weighted by Gasteiger charge is 2.03. The number of nitrogens with zero attached hydrogens (tertiary/aromatic N) is 2. The van der Waals surface area contributed by atoms with Crippen molar-refractivity contribution in [1.82, 2.24) is 15.5 Å². The molecule has 0 aliphatic rings. The summed E-state index contributed by atoms with van der Waals surface area (Å²) in [6.45, 7) is 5.33. The van der Waals surface area contributed by atoms with Gasteiger partial charge in [0.15, 0.2) is 5.96 Å². The Kier molecular flexibility index (Phi) is 8.65. The van der Waals surface area contributed by atoms with Crippen molar-refractivity contribution in [3.05, 3.63) is 65.2 Å². The molecule has 2 aromatic carbocycles. The maximum atomic E-state index is 5.41. The van der Waals surface area contributed by atoms with Gasteiger partial charge in [0.05, 0.1) is 13.7 Å². The maximum Gasteiger partial charge on any atom is 0.191 e. The summed E-state index contributed by atoms with van der Waals surface area (Å²) in [5.74, 6) is 1.77. The van der Waals surface area contributed by atoms with Gasteiger partial charge in [-0.05, 0) is 50.2 Å². The number of para-hydroxylation sites is 1. The van der Waals surface area contributed by atoms with E-state index >= 15 is 0 Å². The Hall–Kier alpha value is -2.53. The lowest BCUT2D eigenvalue weighted by molar-refractivity contribution is 0.402. The van der Waals surface area contributed by atoms with E-state index in [1.165, 1.54) is 16.7 Å². The van der Waals surface area contributed by atoms with Crippen LogP contribution in [0.3, 0.4) is 0 Å². The number of nitrogens with one attached hydrogen (secondary N) is 2. The summed E-state index contributed by atoms with van der Waals surface area (Å²) in [6, 6.07) is 16.8. The zero-order valence-electron chi connectivity index (χ0n) is 17.0. The Morgan fingerprint density at radius 1 is 1.00 bits per heavy atom. The Morgan fingerprint density at radius 3 is 2.37 bits per heavy atom. The van der Waals surface area contributed by atoms with E-state index in [1.54, 1.807) is 7.11 Å². The van der Waals surface area contributed by atoms with Crippen LogP contribution in [0, 0.1) is 0 Å². The fraction of sp³-hybridized carbons (Fsp3) is 0.409. The molecule has 0 saturated heterocycles. The van der Waals surface area contributed by atoms with Gasteiger partial charge in [-0.3, -0.25) is 0 Å². The number of hydrogen-bond donors (Lipinski definition) is 2. The SMILES string of the molecule is CCNC(=NCc1ccc(CN(C)C)cc1)NCCc1ccccc1OC. The Labute approximate surface area is 163 Å². The second-order valence-electron chi connectivity index (χ2n) is 6.74. The van der Waals surface area contributed by atoms with Crippen molar-refractivity contribution < 1.29 is 4.74 Å². The molecule has 0 atom stereocenters. The van der Waals surface area contributed by atoms with Gasteiger partial charge in [-0.25, -0.2) is 4.99 Å². The van der Waals surface area contributed by atoms with Gasteiger partial charge in [0, 0.05) is 19.6 Å². The molecule has 0 heterocycles. The Morgan fingerprint density at radius 2 is 1.70 bits per heavy atom. The zero-order chi connectivity index (χ0) is 19.5. The lowest BCUT2D eigenvalue weighted by Gasteiger charge is -2.13. The minimum atomic E-state index is 0.659. The molecule has 0 aliphatic carbocycles. The summed E-state index contributed by atoms with van der Waals surface area (Å²) in [7, 11) is 5.87. The molecule has 0 spiro atoms. The van der Waals surface area contributed by atoms with Gasteiger partial charge in [-0.15, -0.1) is 0 Å². The Balaban J connectivity index is 1.89. The summed E-state index contributed by atoms with van der Waals surface area (Å²) < 4.78 is 5.41. The van der Waals surface area contributed by atoms with Crippen LogP contribution in [0.4, 0.5) is 0 Å². The van der Waals surface area contributed by atoms with E-state index in [9.17, 15) is 0 Å². The topological polar surface area (TPSA) is 48.9 Å². The summed E-state index contributed by atoms with van der Waals surface area (Å²) in [6.07, 6.45) is 0.883. The highest BCUT2D eigenvalue weighted by molar-refractivity contribution is 5.79. The molecule has 2 rings (SSSR count). The van der Waals surface area contributed by atoms with Crippen LogP contribution in [0.15, 0.2) is 53.5 Å². The van der Waals surface area contributed by atoms with Crippen molar-refractivity contribution in [2.75, 3.05) is 34.3 Å². The number of methoxy groups -OCH3 is 1. The predicted molar refractivity (Wildman–Crippen MR) is 113 cm³/mol. The molecule has 0 unspecified atom stereocenters. The van der Waals surface area contributed by atoms with Crippen molar-refractivity contribution >= 4 is 5.96 Å². The average molecular weight is 369 g/mol. The van der Waals surface area contributed by atoms with Crippen molar-refractivity contribution in [3.63, 3.8) is 0 Å². The van der Waals surface area contributed by atoms with Crippen LogP contribution in [0.2, 0.25) is 0 Å². The Bertz CT molecular complexity index is 711. The third-order valence-electron chi connectivity index (χ3n) is 4.17. The maximum absolute atomic E-state index is 5.41. The first-order chi connectivity index (χ1) is 13.1. The normalized spacial score (nSPS) is 11.5. The van der Waals surface area contributed by atoms with Gasteiger partial charge in [0.1, 0.15) is 5.75 Å². The summed E-state index contributed by atoms with van der Waals surface area (Å²) >= 11 is 0. The second-order valence-corrected chi connectivity index (χ2v) is 6.74. The molecule has 0 aromatic heterocycles. The van der Waals surface area contributed by atoms with E-state index in [2.05, 4.69) is 66.9 Å². The number of hydrogen-bond acceptors (Lipinski definition) is 3. The van der Waals surface area contributed by atoms with Crippen molar-refractivity contribution in [2.45, 2.75) is 26.4 Å². The number of guanidine groups is 1. The quantitative estimate of drug-likeness (QED) is 0.528. The van der Waals surface area contributed by atoms with Crippen LogP contribution in [0.25, 0.3) is 0 Å². The summed E-state index contributed by atoms with van der Waals surface area (Å²) in [5, 5.41) is 6.71. The first-order valence-corrected chi connectivity index (χ1v) is 9.49. The number of ether oxygens (including phenoxy) is 1. The van der Waals surface area contributed by atoms with Gasteiger partial charge >= 0.3 is 0 Å². The van der Waals surface area contributed by atoms with E-state index in [1.807, 2.05) is 18.2 Å². The van der Waals surface area contributed by atoms with Crippen LogP contribution in [0.1, 0.15) is 23.6 Å².